The number of nitrogens with zero attached hydrogens (tertiary/aromatic N) is 7. The number of imidazole rings is 2. The van der Waals surface area contributed by atoms with Gasteiger partial charge in [0.05, 0.1) is 40.3 Å². The average molecular weight is 508 g/mol. The highest BCUT2D eigenvalue weighted by atomic mass is 19.1. The van der Waals surface area contributed by atoms with Crippen LogP contribution in [0.15, 0.2) is 55.4 Å². The third-order valence-corrected chi connectivity index (χ3v) is 7.17. The molecule has 10 heteroatoms. The van der Waals surface area contributed by atoms with E-state index >= 15 is 4.39 Å². The van der Waals surface area contributed by atoms with Crippen LogP contribution >= 0.6 is 0 Å². The lowest BCUT2D eigenvalue weighted by atomic mass is 10.1. The summed E-state index contributed by atoms with van der Waals surface area (Å²) >= 11 is 0. The number of benzene rings is 1. The van der Waals surface area contributed by atoms with Crippen molar-refractivity contribution in [2.45, 2.75) is 32.7 Å². The summed E-state index contributed by atoms with van der Waals surface area (Å²) in [6.07, 6.45) is 12.5. The number of aromatic amines is 2. The van der Waals surface area contributed by atoms with Crippen molar-refractivity contribution in [3.63, 3.8) is 0 Å². The van der Waals surface area contributed by atoms with Gasteiger partial charge in [-0.1, -0.05) is 12.5 Å². The maximum atomic E-state index is 16.1. The number of hydrogen-bond acceptors (Lipinski definition) is 6. The molecule has 0 saturated carbocycles. The number of piperidine rings is 1. The number of aryl methyl sites for hydroxylation is 1. The number of H-pyrrole nitrogens is 2. The Hall–Kier alpha value is -4.44. The van der Waals surface area contributed by atoms with Crippen molar-refractivity contribution in [3.8, 4) is 28.5 Å². The van der Waals surface area contributed by atoms with E-state index in [0.717, 1.165) is 47.6 Å². The van der Waals surface area contributed by atoms with Crippen molar-refractivity contribution < 1.29 is 4.39 Å². The summed E-state index contributed by atoms with van der Waals surface area (Å²) in [4.78, 5) is 23.7. The lowest BCUT2D eigenvalue weighted by Crippen LogP contribution is -2.29. The van der Waals surface area contributed by atoms with Crippen molar-refractivity contribution >= 4 is 21.9 Å². The Morgan fingerprint density at radius 1 is 1.00 bits per heavy atom. The Morgan fingerprint density at radius 2 is 1.89 bits per heavy atom. The first kappa shape index (κ1) is 22.7. The maximum Gasteiger partial charge on any atom is 0.161 e. The fourth-order valence-electron chi connectivity index (χ4n) is 5.32. The molecule has 0 atom stereocenters. The van der Waals surface area contributed by atoms with Crippen molar-refractivity contribution in [1.29, 1.82) is 0 Å². The standard InChI is InChI=1S/C28H26FN9/c1-17-14-38(16-32-17)22-7-5-6-20-26(22)34-28(33-20)27-23-21(35-36-27)13-31-25(24(23)29)19-10-18(11-30-12-19)15-37-8-3-2-4-9-37/h5-7,10-14,16H,2-4,8-9,15H2,1H3,(H,33,34)(H,35,36). The predicted molar refractivity (Wildman–Crippen MR) is 143 cm³/mol. The number of halogens is 1. The summed E-state index contributed by atoms with van der Waals surface area (Å²) in [5.41, 5.74) is 6.22. The Morgan fingerprint density at radius 3 is 2.74 bits per heavy atom. The highest BCUT2D eigenvalue weighted by Crippen LogP contribution is 2.33. The molecule has 7 rings (SSSR count). The largest absolute Gasteiger partial charge is 0.336 e. The molecule has 0 spiro atoms. The highest BCUT2D eigenvalue weighted by Gasteiger charge is 2.21. The van der Waals surface area contributed by atoms with Crippen LogP contribution in [0.3, 0.4) is 0 Å². The number of nitrogens with one attached hydrogen (secondary N) is 2. The fraction of sp³-hybridized carbons (Fsp3) is 0.250. The molecule has 2 N–H and O–H groups in total. The molecule has 38 heavy (non-hydrogen) atoms. The molecule has 6 aromatic rings. The minimum Gasteiger partial charge on any atom is -0.336 e. The van der Waals surface area contributed by atoms with E-state index in [4.69, 9.17) is 4.98 Å². The molecule has 1 aliphatic rings. The molecule has 0 amide bonds. The van der Waals surface area contributed by atoms with Gasteiger partial charge in [0.15, 0.2) is 11.6 Å². The zero-order chi connectivity index (χ0) is 25.6. The van der Waals surface area contributed by atoms with Gasteiger partial charge in [-0.05, 0) is 56.6 Å². The second kappa shape index (κ2) is 9.14. The van der Waals surface area contributed by atoms with Crippen LogP contribution in [0.4, 0.5) is 4.39 Å². The molecular weight excluding hydrogens is 481 g/mol. The molecule has 0 aliphatic carbocycles. The summed E-state index contributed by atoms with van der Waals surface area (Å²) in [6.45, 7) is 4.91. The quantitative estimate of drug-likeness (QED) is 0.333. The summed E-state index contributed by atoms with van der Waals surface area (Å²) in [5.74, 6) is 0.0256. The number of aromatic nitrogens is 8. The number of para-hydroxylation sites is 1. The average Bonchev–Trinajstić information content (AvgIpc) is 3.67. The van der Waals surface area contributed by atoms with Crippen molar-refractivity contribution in [2.24, 2.45) is 0 Å². The number of fused-ring (bicyclic) bond motifs is 2. The second-order valence-electron chi connectivity index (χ2n) is 9.88. The molecule has 0 bridgehead atoms. The maximum absolute atomic E-state index is 16.1. The third kappa shape index (κ3) is 3.93. The van der Waals surface area contributed by atoms with Gasteiger partial charge in [0.2, 0.25) is 0 Å². The minimum absolute atomic E-state index is 0.249. The first-order valence-electron chi connectivity index (χ1n) is 12.8. The number of likely N-dealkylation sites (tertiary alicyclic amines) is 1. The third-order valence-electron chi connectivity index (χ3n) is 7.17. The molecule has 6 heterocycles. The molecular formula is C28H26FN9. The van der Waals surface area contributed by atoms with Crippen LogP contribution in [0, 0.1) is 12.7 Å². The summed E-state index contributed by atoms with van der Waals surface area (Å²) in [7, 11) is 0. The monoisotopic (exact) mass is 507 g/mol. The van der Waals surface area contributed by atoms with E-state index in [-0.39, 0.29) is 5.69 Å². The van der Waals surface area contributed by atoms with Gasteiger partial charge in [0.1, 0.15) is 16.9 Å². The van der Waals surface area contributed by atoms with Crippen LogP contribution in [0.2, 0.25) is 0 Å². The molecule has 5 aromatic heterocycles. The van der Waals surface area contributed by atoms with Gasteiger partial charge in [0, 0.05) is 30.7 Å². The SMILES string of the molecule is Cc1cn(-c2cccc3[nH]c(-c4n[nH]c5cnc(-c6cncc(CN7CCCCC7)c6)c(F)c45)nc23)cn1. The molecule has 1 aromatic carbocycles. The summed E-state index contributed by atoms with van der Waals surface area (Å²) in [5, 5.41) is 7.68. The lowest BCUT2D eigenvalue weighted by Gasteiger charge is -2.26. The lowest BCUT2D eigenvalue weighted by molar-refractivity contribution is 0.220. The Balaban J connectivity index is 1.29. The fourth-order valence-corrected chi connectivity index (χ4v) is 5.32. The molecule has 190 valence electrons. The van der Waals surface area contributed by atoms with Gasteiger partial charge < -0.3 is 9.55 Å². The van der Waals surface area contributed by atoms with Crippen LogP contribution in [-0.2, 0) is 6.54 Å². The first-order chi connectivity index (χ1) is 18.6. The molecule has 1 aliphatic heterocycles. The predicted octanol–water partition coefficient (Wildman–Crippen LogP) is 5.18. The molecule has 0 unspecified atom stereocenters. The zero-order valence-corrected chi connectivity index (χ0v) is 20.9. The van der Waals surface area contributed by atoms with Crippen molar-refractivity contribution in [3.05, 3.63) is 72.5 Å². The molecule has 0 radical (unpaired) electrons. The highest BCUT2D eigenvalue weighted by molar-refractivity contribution is 5.96. The first-order valence-corrected chi connectivity index (χ1v) is 12.8. The molecule has 1 fully saturated rings. The van der Waals surface area contributed by atoms with E-state index in [0.29, 0.717) is 28.0 Å². The Kier molecular flexibility index (Phi) is 5.47. The van der Waals surface area contributed by atoms with E-state index < -0.39 is 5.82 Å². The Labute approximate surface area is 217 Å². The van der Waals surface area contributed by atoms with Gasteiger partial charge in [-0.15, -0.1) is 0 Å². The minimum atomic E-state index is -0.450. The van der Waals surface area contributed by atoms with E-state index in [9.17, 15) is 0 Å². The second-order valence-corrected chi connectivity index (χ2v) is 9.88. The summed E-state index contributed by atoms with van der Waals surface area (Å²) < 4.78 is 18.0. The number of pyridine rings is 2. The molecule has 1 saturated heterocycles. The van der Waals surface area contributed by atoms with Gasteiger partial charge in [-0.3, -0.25) is 20.0 Å². The number of hydrogen-bond donors (Lipinski definition) is 2. The topological polar surface area (TPSA) is 104 Å². The normalized spacial score (nSPS) is 14.6. The van der Waals surface area contributed by atoms with E-state index in [1.165, 1.54) is 19.3 Å². The van der Waals surface area contributed by atoms with Crippen LogP contribution in [0.1, 0.15) is 30.5 Å². The summed E-state index contributed by atoms with van der Waals surface area (Å²) in [6, 6.07) is 7.85. The van der Waals surface area contributed by atoms with Crippen molar-refractivity contribution in [1.82, 2.24) is 44.6 Å². The van der Waals surface area contributed by atoms with Gasteiger partial charge in [0.25, 0.3) is 0 Å². The Bertz CT molecular complexity index is 1770. The van der Waals surface area contributed by atoms with E-state index in [1.807, 2.05) is 48.1 Å². The van der Waals surface area contributed by atoms with E-state index in [1.54, 1.807) is 18.7 Å². The smallest absolute Gasteiger partial charge is 0.161 e. The van der Waals surface area contributed by atoms with E-state index in [2.05, 4.69) is 35.0 Å². The zero-order valence-electron chi connectivity index (χ0n) is 20.9. The van der Waals surface area contributed by atoms with Crippen LogP contribution in [0.5, 0.6) is 0 Å². The van der Waals surface area contributed by atoms with Gasteiger partial charge in [-0.25, -0.2) is 14.4 Å². The van der Waals surface area contributed by atoms with Crippen LogP contribution < -0.4 is 0 Å². The molecule has 9 nitrogen and oxygen atoms in total. The number of rotatable bonds is 5. The van der Waals surface area contributed by atoms with Gasteiger partial charge >= 0.3 is 0 Å². The van der Waals surface area contributed by atoms with Crippen molar-refractivity contribution in [2.75, 3.05) is 13.1 Å². The van der Waals surface area contributed by atoms with Gasteiger partial charge in [-0.2, -0.15) is 5.10 Å². The van der Waals surface area contributed by atoms with Crippen LogP contribution in [-0.4, -0.2) is 57.7 Å². The van der Waals surface area contributed by atoms with Crippen LogP contribution in [0.25, 0.3) is 50.4 Å².